The summed E-state index contributed by atoms with van der Waals surface area (Å²) in [6.07, 6.45) is 4.64. The van der Waals surface area contributed by atoms with Crippen LogP contribution in [-0.2, 0) is 26.1 Å². The van der Waals surface area contributed by atoms with Crippen LogP contribution in [0.1, 0.15) is 24.6 Å². The predicted molar refractivity (Wildman–Crippen MR) is 83.1 cm³/mol. The zero-order valence-electron chi connectivity index (χ0n) is 13.1. The average Bonchev–Trinajstić information content (AvgIpc) is 3.00. The van der Waals surface area contributed by atoms with Crippen molar-refractivity contribution < 1.29 is 17.9 Å². The van der Waals surface area contributed by atoms with Gasteiger partial charge in [-0.25, -0.2) is 8.42 Å². The molecule has 0 bridgehead atoms. The first-order valence-corrected chi connectivity index (χ1v) is 9.63. The monoisotopic (exact) mass is 342 g/mol. The fourth-order valence-electron chi connectivity index (χ4n) is 3.02. The number of carbonyl (C=O) groups excluding carboxylic acids is 1. The molecule has 0 spiro atoms. The van der Waals surface area contributed by atoms with Gasteiger partial charge in [-0.2, -0.15) is 9.40 Å². The van der Waals surface area contributed by atoms with Gasteiger partial charge in [-0.1, -0.05) is 0 Å². The van der Waals surface area contributed by atoms with Crippen LogP contribution >= 0.6 is 0 Å². The third kappa shape index (κ3) is 3.73. The molecule has 1 N–H and O–H groups in total. The molecule has 0 aromatic carbocycles. The maximum absolute atomic E-state index is 12.5. The molecule has 1 amide bonds. The second-order valence-electron chi connectivity index (χ2n) is 6.14. The molecule has 2 aliphatic heterocycles. The number of hydrogen-bond donors (Lipinski definition) is 1. The van der Waals surface area contributed by atoms with Crippen molar-refractivity contribution in [3.05, 3.63) is 18.0 Å². The number of nitrogens with one attached hydrogen (secondary N) is 1. The van der Waals surface area contributed by atoms with E-state index in [0.717, 1.165) is 38.0 Å². The van der Waals surface area contributed by atoms with Gasteiger partial charge in [0.25, 0.3) is 0 Å². The van der Waals surface area contributed by atoms with Crippen LogP contribution in [0.4, 0.5) is 0 Å². The second-order valence-corrected chi connectivity index (χ2v) is 8.12. The third-order valence-electron chi connectivity index (χ3n) is 4.44. The van der Waals surface area contributed by atoms with E-state index < -0.39 is 16.1 Å². The minimum Gasteiger partial charge on any atom is -0.381 e. The molecule has 1 aromatic rings. The van der Waals surface area contributed by atoms with Gasteiger partial charge in [-0.3, -0.25) is 9.48 Å². The molecule has 3 heterocycles. The number of nitrogens with zero attached hydrogens (tertiary/aromatic N) is 3. The quantitative estimate of drug-likeness (QED) is 0.814. The number of aromatic nitrogens is 2. The molecule has 2 aliphatic rings. The van der Waals surface area contributed by atoms with E-state index >= 15 is 0 Å². The number of fused-ring (bicyclic) bond motifs is 1. The van der Waals surface area contributed by atoms with Crippen molar-refractivity contribution in [2.75, 3.05) is 32.6 Å². The molecular weight excluding hydrogens is 320 g/mol. The maximum atomic E-state index is 12.5. The SMILES string of the molecule is CS(=O)(=O)N1Cc2ccnn2C(C(=O)NCC2CCOCC2)C1. The van der Waals surface area contributed by atoms with Crippen LogP contribution in [0.2, 0.25) is 0 Å². The first kappa shape index (κ1) is 16.4. The molecule has 8 nitrogen and oxygen atoms in total. The van der Waals surface area contributed by atoms with E-state index in [1.807, 2.05) is 0 Å². The van der Waals surface area contributed by atoms with Crippen LogP contribution in [-0.4, -0.2) is 61.0 Å². The Morgan fingerprint density at radius 2 is 2.17 bits per heavy atom. The minimum absolute atomic E-state index is 0.118. The summed E-state index contributed by atoms with van der Waals surface area (Å²) in [5, 5.41) is 7.13. The van der Waals surface area contributed by atoms with Gasteiger partial charge in [0.1, 0.15) is 6.04 Å². The number of amides is 1. The van der Waals surface area contributed by atoms with Gasteiger partial charge in [0.2, 0.25) is 15.9 Å². The van der Waals surface area contributed by atoms with Gasteiger partial charge in [0.05, 0.1) is 18.5 Å². The molecule has 9 heteroatoms. The lowest BCUT2D eigenvalue weighted by atomic mass is 10.0. The smallest absolute Gasteiger partial charge is 0.246 e. The minimum atomic E-state index is -3.35. The Morgan fingerprint density at radius 1 is 1.43 bits per heavy atom. The lowest BCUT2D eigenvalue weighted by Gasteiger charge is -2.32. The number of carbonyl (C=O) groups is 1. The van der Waals surface area contributed by atoms with Crippen LogP contribution < -0.4 is 5.32 Å². The molecule has 0 radical (unpaired) electrons. The molecule has 0 aliphatic carbocycles. The highest BCUT2D eigenvalue weighted by Gasteiger charge is 2.34. The summed E-state index contributed by atoms with van der Waals surface area (Å²) < 4.78 is 31.9. The Morgan fingerprint density at radius 3 is 2.87 bits per heavy atom. The molecule has 1 unspecified atom stereocenters. The Kier molecular flexibility index (Phi) is 4.69. The fourth-order valence-corrected chi connectivity index (χ4v) is 3.80. The van der Waals surface area contributed by atoms with Gasteiger partial charge < -0.3 is 10.1 Å². The van der Waals surface area contributed by atoms with Crippen LogP contribution in [0.15, 0.2) is 12.3 Å². The summed E-state index contributed by atoms with van der Waals surface area (Å²) in [6.45, 7) is 2.42. The summed E-state index contributed by atoms with van der Waals surface area (Å²) in [4.78, 5) is 12.5. The van der Waals surface area contributed by atoms with Crippen molar-refractivity contribution in [3.8, 4) is 0 Å². The molecule has 1 aromatic heterocycles. The van der Waals surface area contributed by atoms with Gasteiger partial charge in [0, 0.05) is 32.5 Å². The fraction of sp³-hybridized carbons (Fsp3) is 0.714. The molecule has 3 rings (SSSR count). The third-order valence-corrected chi connectivity index (χ3v) is 5.66. The van der Waals surface area contributed by atoms with Gasteiger partial charge in [0.15, 0.2) is 0 Å². The van der Waals surface area contributed by atoms with Gasteiger partial charge >= 0.3 is 0 Å². The Labute approximate surface area is 135 Å². The highest BCUT2D eigenvalue weighted by Crippen LogP contribution is 2.22. The molecular formula is C14H22N4O4S. The van der Waals surface area contributed by atoms with Crippen LogP contribution in [0.25, 0.3) is 0 Å². The predicted octanol–water partition coefficient (Wildman–Crippen LogP) is -0.258. The van der Waals surface area contributed by atoms with Gasteiger partial charge in [-0.15, -0.1) is 0 Å². The summed E-state index contributed by atoms with van der Waals surface area (Å²) >= 11 is 0. The van der Waals surface area contributed by atoms with E-state index in [4.69, 9.17) is 4.74 Å². The largest absolute Gasteiger partial charge is 0.381 e. The molecule has 23 heavy (non-hydrogen) atoms. The summed E-state index contributed by atoms with van der Waals surface area (Å²) in [5.74, 6) is 0.231. The van der Waals surface area contributed by atoms with Crippen LogP contribution in [0.5, 0.6) is 0 Å². The zero-order chi connectivity index (χ0) is 16.4. The molecule has 1 atom stereocenters. The van der Waals surface area contributed by atoms with E-state index in [-0.39, 0.29) is 19.0 Å². The number of rotatable bonds is 4. The molecule has 1 fully saturated rings. The number of hydrogen-bond acceptors (Lipinski definition) is 5. The van der Waals surface area contributed by atoms with Crippen molar-refractivity contribution in [3.63, 3.8) is 0 Å². The molecule has 0 saturated carbocycles. The second kappa shape index (κ2) is 6.58. The molecule has 128 valence electrons. The zero-order valence-corrected chi connectivity index (χ0v) is 14.0. The van der Waals surface area contributed by atoms with Crippen molar-refractivity contribution in [1.29, 1.82) is 0 Å². The van der Waals surface area contributed by atoms with Crippen molar-refractivity contribution >= 4 is 15.9 Å². The summed E-state index contributed by atoms with van der Waals surface area (Å²) in [6, 6.07) is 1.12. The standard InChI is InChI=1S/C14H22N4O4S/c1-23(20,21)17-9-12-2-5-16-18(12)13(10-17)14(19)15-8-11-3-6-22-7-4-11/h2,5,11,13H,3-4,6-10H2,1H3,(H,15,19). The van der Waals surface area contributed by atoms with Crippen molar-refractivity contribution in [1.82, 2.24) is 19.4 Å². The van der Waals surface area contributed by atoms with E-state index in [0.29, 0.717) is 12.5 Å². The van der Waals surface area contributed by atoms with Crippen LogP contribution in [0, 0.1) is 5.92 Å². The van der Waals surface area contributed by atoms with E-state index in [1.165, 1.54) is 4.31 Å². The van der Waals surface area contributed by atoms with Crippen LogP contribution in [0.3, 0.4) is 0 Å². The first-order chi connectivity index (χ1) is 10.9. The molecule has 1 saturated heterocycles. The first-order valence-electron chi connectivity index (χ1n) is 7.78. The van der Waals surface area contributed by atoms with E-state index in [2.05, 4.69) is 10.4 Å². The Hall–Kier alpha value is -1.45. The normalized spacial score (nSPS) is 23.4. The van der Waals surface area contributed by atoms with Crippen molar-refractivity contribution in [2.45, 2.75) is 25.4 Å². The Balaban J connectivity index is 1.69. The number of sulfonamides is 1. The van der Waals surface area contributed by atoms with E-state index in [9.17, 15) is 13.2 Å². The summed E-state index contributed by atoms with van der Waals surface area (Å²) in [5.41, 5.74) is 0.730. The maximum Gasteiger partial charge on any atom is 0.246 e. The Bertz CT molecular complexity index is 666. The summed E-state index contributed by atoms with van der Waals surface area (Å²) in [7, 11) is -3.35. The average molecular weight is 342 g/mol. The lowest BCUT2D eigenvalue weighted by Crippen LogP contribution is -2.47. The topological polar surface area (TPSA) is 93.5 Å². The highest BCUT2D eigenvalue weighted by molar-refractivity contribution is 7.88. The highest BCUT2D eigenvalue weighted by atomic mass is 32.2. The number of ether oxygens (including phenoxy) is 1. The lowest BCUT2D eigenvalue weighted by molar-refractivity contribution is -0.125. The van der Waals surface area contributed by atoms with E-state index in [1.54, 1.807) is 16.9 Å². The van der Waals surface area contributed by atoms with Gasteiger partial charge in [-0.05, 0) is 24.8 Å². The van der Waals surface area contributed by atoms with Crippen molar-refractivity contribution in [2.24, 2.45) is 5.92 Å².